The molecule has 9 aromatic carbocycles. The molecule has 0 radical (unpaired) electrons. The van der Waals surface area contributed by atoms with E-state index >= 15 is 0 Å². The molecule has 0 amide bonds. The topological polar surface area (TPSA) is 53.5 Å². The van der Waals surface area contributed by atoms with Crippen molar-refractivity contribution < 1.29 is 0 Å². The van der Waals surface area contributed by atoms with Gasteiger partial charge in [-0.15, -0.1) is 0 Å². The fourth-order valence-corrected chi connectivity index (χ4v) is 9.84. The zero-order valence-electron chi connectivity index (χ0n) is 34.0. The van der Waals surface area contributed by atoms with Gasteiger partial charge in [-0.1, -0.05) is 164 Å². The van der Waals surface area contributed by atoms with E-state index in [2.05, 4.69) is 196 Å². The Bertz CT molecular complexity index is 3830. The predicted octanol–water partition coefficient (Wildman–Crippen LogP) is 14.2. The van der Waals surface area contributed by atoms with E-state index < -0.39 is 0 Å². The van der Waals surface area contributed by atoms with Gasteiger partial charge in [0.15, 0.2) is 17.5 Å². The van der Waals surface area contributed by atoms with Gasteiger partial charge in [-0.3, -0.25) is 0 Å². The van der Waals surface area contributed by atoms with Crippen LogP contribution in [0.2, 0.25) is 0 Å². The van der Waals surface area contributed by atoms with Crippen LogP contribution in [-0.4, -0.2) is 28.7 Å². The summed E-state index contributed by atoms with van der Waals surface area (Å²) in [7, 11) is 0. The van der Waals surface area contributed by atoms with Crippen LogP contribution in [0.5, 0.6) is 0 Å². The third kappa shape index (κ3) is 5.35. The summed E-state index contributed by atoms with van der Waals surface area (Å²) >= 11 is 0. The Kier molecular flexibility index (Phi) is 7.80. The average molecular weight is 805 g/mol. The number of fused-ring (bicyclic) bond motifs is 10. The lowest BCUT2D eigenvalue weighted by Crippen LogP contribution is -2.03. The number of benzene rings is 9. The van der Waals surface area contributed by atoms with Crippen LogP contribution in [0.4, 0.5) is 0 Å². The predicted molar refractivity (Wildman–Crippen MR) is 259 cm³/mol. The molecule has 294 valence electrons. The van der Waals surface area contributed by atoms with E-state index in [4.69, 9.17) is 15.0 Å². The minimum atomic E-state index is 0.614. The molecule has 0 bridgehead atoms. The molecule has 13 rings (SSSR count). The lowest BCUT2D eigenvalue weighted by atomic mass is 10.1. The maximum atomic E-state index is 5.25. The van der Waals surface area contributed by atoms with Gasteiger partial charge < -0.3 is 13.7 Å². The molecule has 0 saturated heterocycles. The van der Waals surface area contributed by atoms with E-state index in [1.807, 2.05) is 36.4 Å². The summed E-state index contributed by atoms with van der Waals surface area (Å²) in [6.45, 7) is 0. The van der Waals surface area contributed by atoms with Crippen molar-refractivity contribution in [1.82, 2.24) is 28.7 Å². The molecule has 63 heavy (non-hydrogen) atoms. The quantitative estimate of drug-likeness (QED) is 0.168. The van der Waals surface area contributed by atoms with Crippen molar-refractivity contribution in [1.29, 1.82) is 0 Å². The van der Waals surface area contributed by atoms with Crippen LogP contribution in [0.15, 0.2) is 218 Å². The summed E-state index contributed by atoms with van der Waals surface area (Å²) in [5.41, 5.74) is 12.8. The number of para-hydroxylation sites is 6. The van der Waals surface area contributed by atoms with Gasteiger partial charge in [-0.05, 0) is 54.6 Å². The number of nitrogens with zero attached hydrogens (tertiary/aromatic N) is 6. The molecular weight excluding hydrogens is 769 g/mol. The van der Waals surface area contributed by atoms with Crippen LogP contribution in [-0.2, 0) is 0 Å². The van der Waals surface area contributed by atoms with Crippen LogP contribution in [0, 0.1) is 0 Å². The molecule has 0 atom stereocenters. The minimum absolute atomic E-state index is 0.614. The number of rotatable bonds is 6. The molecule has 0 fully saturated rings. The SMILES string of the molecule is c1ccc(-c2nc(-c3ccccc3)nc(-c3cccc4c5cccc(-n6c7ccccc7c7c6ccc6c8ccccc8n(-c8ccccc8)c67)c5n(-c5ccccc5)c34)n2)cc1. The number of hydrogen-bond donors (Lipinski definition) is 0. The Morgan fingerprint density at radius 1 is 0.270 bits per heavy atom. The standard InChI is InChI=1S/C57H36N6/c1-5-19-37(20-6-1)55-58-56(38-21-7-2-8-22-38)60-57(59-55)46-31-17-29-42-43-30-18-34-50(53(43)62(52(42)46)40-25-11-4-12-26-40)63-48-33-16-14-28-45(48)51-49(63)36-35-44-41-27-13-15-32-47(41)61(54(44)51)39-23-9-3-10-24-39/h1-36H. The fourth-order valence-electron chi connectivity index (χ4n) is 9.84. The molecule has 0 spiro atoms. The molecule has 0 aliphatic carbocycles. The summed E-state index contributed by atoms with van der Waals surface area (Å²) in [4.78, 5) is 15.5. The average Bonchev–Trinajstić information content (AvgIpc) is 4.01. The Morgan fingerprint density at radius 2 is 0.746 bits per heavy atom. The van der Waals surface area contributed by atoms with Gasteiger partial charge in [0.1, 0.15) is 0 Å². The molecular formula is C57H36N6. The first-order valence-electron chi connectivity index (χ1n) is 21.3. The molecule has 0 saturated carbocycles. The highest BCUT2D eigenvalue weighted by Gasteiger charge is 2.25. The van der Waals surface area contributed by atoms with Gasteiger partial charge >= 0.3 is 0 Å². The third-order valence-electron chi connectivity index (χ3n) is 12.5. The van der Waals surface area contributed by atoms with Gasteiger partial charge in [-0.25, -0.2) is 15.0 Å². The van der Waals surface area contributed by atoms with E-state index in [1.54, 1.807) is 0 Å². The van der Waals surface area contributed by atoms with E-state index in [9.17, 15) is 0 Å². The van der Waals surface area contributed by atoms with Crippen molar-refractivity contribution in [2.45, 2.75) is 0 Å². The highest BCUT2D eigenvalue weighted by Crippen LogP contribution is 2.45. The Balaban J connectivity index is 1.16. The fraction of sp³-hybridized carbons (Fsp3) is 0. The summed E-state index contributed by atoms with van der Waals surface area (Å²) in [6, 6.07) is 77.3. The first-order valence-corrected chi connectivity index (χ1v) is 21.3. The van der Waals surface area contributed by atoms with Crippen LogP contribution < -0.4 is 0 Å². The maximum absolute atomic E-state index is 5.25. The minimum Gasteiger partial charge on any atom is -0.309 e. The van der Waals surface area contributed by atoms with Crippen molar-refractivity contribution in [3.05, 3.63) is 218 Å². The first kappa shape index (κ1) is 35.2. The van der Waals surface area contributed by atoms with Gasteiger partial charge in [0.2, 0.25) is 0 Å². The normalized spacial score (nSPS) is 11.8. The lowest BCUT2D eigenvalue weighted by molar-refractivity contribution is 1.07. The molecule has 0 unspecified atom stereocenters. The number of hydrogen-bond acceptors (Lipinski definition) is 3. The Labute approximate surface area is 362 Å². The zero-order chi connectivity index (χ0) is 41.4. The van der Waals surface area contributed by atoms with E-state index in [1.165, 1.54) is 32.6 Å². The smallest absolute Gasteiger partial charge is 0.166 e. The van der Waals surface area contributed by atoms with Crippen molar-refractivity contribution in [3.8, 4) is 51.2 Å². The number of aromatic nitrogens is 6. The van der Waals surface area contributed by atoms with Gasteiger partial charge in [0.25, 0.3) is 0 Å². The molecule has 6 heteroatoms. The van der Waals surface area contributed by atoms with Crippen LogP contribution in [0.3, 0.4) is 0 Å². The molecule has 0 N–H and O–H groups in total. The monoisotopic (exact) mass is 804 g/mol. The largest absolute Gasteiger partial charge is 0.309 e. The molecule has 4 aromatic heterocycles. The van der Waals surface area contributed by atoms with Gasteiger partial charge in [-0.2, -0.15) is 0 Å². The second kappa shape index (κ2) is 14.0. The van der Waals surface area contributed by atoms with Gasteiger partial charge in [0, 0.05) is 60.4 Å². The summed E-state index contributed by atoms with van der Waals surface area (Å²) in [5, 5.41) is 7.13. The summed E-state index contributed by atoms with van der Waals surface area (Å²) in [6.07, 6.45) is 0. The summed E-state index contributed by atoms with van der Waals surface area (Å²) < 4.78 is 7.34. The second-order valence-corrected chi connectivity index (χ2v) is 16.0. The van der Waals surface area contributed by atoms with Crippen LogP contribution in [0.1, 0.15) is 0 Å². The molecule has 6 nitrogen and oxygen atoms in total. The molecule has 4 heterocycles. The van der Waals surface area contributed by atoms with E-state index in [0.29, 0.717) is 17.5 Å². The van der Waals surface area contributed by atoms with Crippen molar-refractivity contribution in [2.75, 3.05) is 0 Å². The van der Waals surface area contributed by atoms with Gasteiger partial charge in [0.05, 0.1) is 38.8 Å². The van der Waals surface area contributed by atoms with Crippen molar-refractivity contribution in [2.24, 2.45) is 0 Å². The highest BCUT2D eigenvalue weighted by molar-refractivity contribution is 6.27. The van der Waals surface area contributed by atoms with Crippen molar-refractivity contribution in [3.63, 3.8) is 0 Å². The first-order chi connectivity index (χ1) is 31.3. The highest BCUT2D eigenvalue weighted by atomic mass is 15.1. The Hall–Kier alpha value is -8.61. The molecule has 0 aliphatic rings. The van der Waals surface area contributed by atoms with Crippen LogP contribution >= 0.6 is 0 Å². The third-order valence-corrected chi connectivity index (χ3v) is 12.5. The Morgan fingerprint density at radius 3 is 1.40 bits per heavy atom. The zero-order valence-corrected chi connectivity index (χ0v) is 34.0. The van der Waals surface area contributed by atoms with Crippen LogP contribution in [0.25, 0.3) is 117 Å². The lowest BCUT2D eigenvalue weighted by Gasteiger charge is -2.15. The molecule has 13 aromatic rings. The van der Waals surface area contributed by atoms with E-state index in [0.717, 1.165) is 66.6 Å². The van der Waals surface area contributed by atoms with Crippen molar-refractivity contribution >= 4 is 65.4 Å². The maximum Gasteiger partial charge on any atom is 0.166 e. The second-order valence-electron chi connectivity index (χ2n) is 16.0. The van der Waals surface area contributed by atoms with E-state index in [-0.39, 0.29) is 0 Å². The summed E-state index contributed by atoms with van der Waals surface area (Å²) in [5.74, 6) is 1.87. The molecule has 0 aliphatic heterocycles.